The first kappa shape index (κ1) is 12.7. The summed E-state index contributed by atoms with van der Waals surface area (Å²) in [5.41, 5.74) is 2.36. The lowest BCUT2D eigenvalue weighted by molar-refractivity contribution is -0.385. The van der Waals surface area contributed by atoms with Crippen molar-refractivity contribution in [2.24, 2.45) is 0 Å². The van der Waals surface area contributed by atoms with Gasteiger partial charge in [-0.25, -0.2) is 0 Å². The van der Waals surface area contributed by atoms with E-state index in [1.807, 2.05) is 0 Å². The van der Waals surface area contributed by atoms with Crippen LogP contribution in [0, 0.1) is 10.1 Å². The van der Waals surface area contributed by atoms with Gasteiger partial charge in [-0.15, -0.1) is 0 Å². The minimum Gasteiger partial charge on any atom is -0.258 e. The van der Waals surface area contributed by atoms with E-state index < -0.39 is 0 Å². The van der Waals surface area contributed by atoms with Gasteiger partial charge in [0, 0.05) is 12.1 Å². The molecule has 3 heteroatoms. The summed E-state index contributed by atoms with van der Waals surface area (Å²) in [6.45, 7) is 6.24. The Balaban J connectivity index is 3.03. The fraction of sp³-hybridized carbons (Fsp3) is 0.538. The average Bonchev–Trinajstić information content (AvgIpc) is 2.25. The quantitative estimate of drug-likeness (QED) is 0.555. The highest BCUT2D eigenvalue weighted by Crippen LogP contribution is 2.23. The topological polar surface area (TPSA) is 43.1 Å². The van der Waals surface area contributed by atoms with Gasteiger partial charge in [-0.1, -0.05) is 33.3 Å². The van der Waals surface area contributed by atoms with E-state index in [1.165, 1.54) is 0 Å². The molecule has 0 bridgehead atoms. The second-order valence-electron chi connectivity index (χ2n) is 4.45. The molecule has 0 aliphatic heterocycles. The number of nitro benzene ring substituents is 1. The molecule has 0 amide bonds. The summed E-state index contributed by atoms with van der Waals surface area (Å²) >= 11 is 0. The maximum atomic E-state index is 10.8. The molecule has 0 heterocycles. The first-order valence-electron chi connectivity index (χ1n) is 5.82. The number of benzene rings is 1. The Hall–Kier alpha value is -1.38. The van der Waals surface area contributed by atoms with Gasteiger partial charge in [-0.05, 0) is 29.9 Å². The number of hydrogen-bond acceptors (Lipinski definition) is 2. The van der Waals surface area contributed by atoms with Gasteiger partial charge in [0.15, 0.2) is 0 Å². The second-order valence-corrected chi connectivity index (χ2v) is 4.45. The Kier molecular flexibility index (Phi) is 4.47. The van der Waals surface area contributed by atoms with Crippen LogP contribution in [0.5, 0.6) is 0 Å². The minimum absolute atomic E-state index is 0.220. The van der Waals surface area contributed by atoms with E-state index in [2.05, 4.69) is 26.8 Å². The van der Waals surface area contributed by atoms with Crippen LogP contribution in [0.2, 0.25) is 0 Å². The molecule has 0 radical (unpaired) electrons. The van der Waals surface area contributed by atoms with Crippen LogP contribution in [0.4, 0.5) is 5.69 Å². The number of non-ortho nitro benzene ring substituents is 1. The van der Waals surface area contributed by atoms with Gasteiger partial charge in [-0.2, -0.15) is 0 Å². The van der Waals surface area contributed by atoms with E-state index in [-0.39, 0.29) is 10.6 Å². The van der Waals surface area contributed by atoms with Gasteiger partial charge in [0.1, 0.15) is 0 Å². The van der Waals surface area contributed by atoms with Crippen molar-refractivity contribution in [2.75, 3.05) is 0 Å². The van der Waals surface area contributed by atoms with Crippen molar-refractivity contribution in [2.45, 2.75) is 46.0 Å². The van der Waals surface area contributed by atoms with Crippen molar-refractivity contribution < 1.29 is 4.92 Å². The van der Waals surface area contributed by atoms with Crippen LogP contribution in [0.3, 0.4) is 0 Å². The lowest BCUT2D eigenvalue weighted by Gasteiger charge is -2.08. The highest BCUT2D eigenvalue weighted by molar-refractivity contribution is 5.40. The molecule has 0 saturated carbocycles. The maximum Gasteiger partial charge on any atom is 0.269 e. The molecule has 1 aromatic rings. The Labute approximate surface area is 96.6 Å². The van der Waals surface area contributed by atoms with E-state index in [1.54, 1.807) is 12.1 Å². The number of nitro groups is 1. The number of hydrogen-bond donors (Lipinski definition) is 0. The summed E-state index contributed by atoms with van der Waals surface area (Å²) in [5.74, 6) is 0.334. The van der Waals surface area contributed by atoms with Crippen molar-refractivity contribution >= 4 is 5.69 Å². The Morgan fingerprint density at radius 1 is 1.31 bits per heavy atom. The lowest BCUT2D eigenvalue weighted by atomic mass is 9.98. The summed E-state index contributed by atoms with van der Waals surface area (Å²) in [6, 6.07) is 5.47. The molecule has 0 N–H and O–H groups in total. The van der Waals surface area contributed by atoms with Gasteiger partial charge in [0.2, 0.25) is 0 Å². The van der Waals surface area contributed by atoms with Gasteiger partial charge in [-0.3, -0.25) is 10.1 Å². The van der Waals surface area contributed by atoms with Crippen molar-refractivity contribution in [1.82, 2.24) is 0 Å². The summed E-state index contributed by atoms with van der Waals surface area (Å²) < 4.78 is 0. The van der Waals surface area contributed by atoms with Crippen molar-refractivity contribution in [3.8, 4) is 0 Å². The minimum atomic E-state index is -0.304. The normalized spacial score (nSPS) is 10.8. The predicted octanol–water partition coefficient (Wildman–Crippen LogP) is 4.06. The van der Waals surface area contributed by atoms with Crippen LogP contribution in [0.1, 0.15) is 50.7 Å². The van der Waals surface area contributed by atoms with Crippen LogP contribution < -0.4 is 0 Å². The zero-order valence-electron chi connectivity index (χ0n) is 10.2. The third-order valence-corrected chi connectivity index (χ3v) is 2.70. The third kappa shape index (κ3) is 3.33. The van der Waals surface area contributed by atoms with E-state index in [0.29, 0.717) is 5.92 Å². The fourth-order valence-electron chi connectivity index (χ4n) is 1.66. The maximum absolute atomic E-state index is 10.8. The lowest BCUT2D eigenvalue weighted by Crippen LogP contribution is -1.96. The first-order chi connectivity index (χ1) is 7.54. The van der Waals surface area contributed by atoms with Crippen molar-refractivity contribution in [3.05, 3.63) is 39.4 Å². The van der Waals surface area contributed by atoms with Crippen LogP contribution >= 0.6 is 0 Å². The standard InChI is InChI=1S/C13H19NO2/c1-4-5-6-11-7-12(10(2)3)9-13(8-11)14(15)16/h7-10H,4-6H2,1-3H3. The summed E-state index contributed by atoms with van der Waals surface area (Å²) in [6.07, 6.45) is 3.12. The molecule has 0 aliphatic carbocycles. The van der Waals surface area contributed by atoms with Gasteiger partial charge in [0.05, 0.1) is 4.92 Å². The van der Waals surface area contributed by atoms with Crippen LogP contribution in [-0.4, -0.2) is 4.92 Å². The molecule has 16 heavy (non-hydrogen) atoms. The monoisotopic (exact) mass is 221 g/mol. The molecule has 0 aromatic heterocycles. The summed E-state index contributed by atoms with van der Waals surface area (Å²) in [5, 5.41) is 10.8. The van der Waals surface area contributed by atoms with Crippen LogP contribution in [0.15, 0.2) is 18.2 Å². The number of unbranched alkanes of at least 4 members (excludes halogenated alkanes) is 1. The van der Waals surface area contributed by atoms with E-state index >= 15 is 0 Å². The van der Waals surface area contributed by atoms with Crippen molar-refractivity contribution in [3.63, 3.8) is 0 Å². The molecule has 0 atom stereocenters. The zero-order chi connectivity index (χ0) is 12.1. The predicted molar refractivity (Wildman–Crippen MR) is 65.8 cm³/mol. The van der Waals surface area contributed by atoms with Gasteiger partial charge in [0.25, 0.3) is 5.69 Å². The van der Waals surface area contributed by atoms with Gasteiger partial charge >= 0.3 is 0 Å². The molecule has 1 aromatic carbocycles. The molecular formula is C13H19NO2. The molecule has 1 rings (SSSR count). The summed E-state index contributed by atoms with van der Waals surface area (Å²) in [7, 11) is 0. The Morgan fingerprint density at radius 3 is 2.50 bits per heavy atom. The number of nitrogens with zero attached hydrogens (tertiary/aromatic N) is 1. The molecule has 0 fully saturated rings. The van der Waals surface area contributed by atoms with E-state index in [9.17, 15) is 10.1 Å². The van der Waals surface area contributed by atoms with E-state index in [4.69, 9.17) is 0 Å². The molecule has 0 unspecified atom stereocenters. The third-order valence-electron chi connectivity index (χ3n) is 2.70. The highest BCUT2D eigenvalue weighted by Gasteiger charge is 2.11. The van der Waals surface area contributed by atoms with Gasteiger partial charge < -0.3 is 0 Å². The Morgan fingerprint density at radius 2 is 2.00 bits per heavy atom. The molecule has 0 spiro atoms. The van der Waals surface area contributed by atoms with Crippen LogP contribution in [0.25, 0.3) is 0 Å². The summed E-state index contributed by atoms with van der Waals surface area (Å²) in [4.78, 5) is 10.5. The average molecular weight is 221 g/mol. The zero-order valence-corrected chi connectivity index (χ0v) is 10.2. The molecular weight excluding hydrogens is 202 g/mol. The first-order valence-corrected chi connectivity index (χ1v) is 5.82. The van der Waals surface area contributed by atoms with Crippen molar-refractivity contribution in [1.29, 1.82) is 0 Å². The second kappa shape index (κ2) is 5.64. The molecule has 0 aliphatic rings. The molecule has 3 nitrogen and oxygen atoms in total. The Bertz CT molecular complexity index is 372. The number of rotatable bonds is 5. The molecule has 88 valence electrons. The SMILES string of the molecule is CCCCc1cc(C(C)C)cc([N+](=O)[O-])c1. The fourth-order valence-corrected chi connectivity index (χ4v) is 1.66. The number of aryl methyl sites for hydroxylation is 1. The smallest absolute Gasteiger partial charge is 0.258 e. The largest absolute Gasteiger partial charge is 0.269 e. The van der Waals surface area contributed by atoms with Crippen LogP contribution in [-0.2, 0) is 6.42 Å². The van der Waals surface area contributed by atoms with E-state index in [0.717, 1.165) is 30.4 Å². The molecule has 0 saturated heterocycles. The highest BCUT2D eigenvalue weighted by atomic mass is 16.6.